The topological polar surface area (TPSA) is 59.3 Å². The number of nitriles is 1. The van der Waals surface area contributed by atoms with E-state index in [9.17, 15) is 14.4 Å². The highest BCUT2D eigenvalue weighted by Gasteiger charge is 2.21. The van der Waals surface area contributed by atoms with Gasteiger partial charge in [0.2, 0.25) is 0 Å². The first-order chi connectivity index (χ1) is 12.5. The predicted molar refractivity (Wildman–Crippen MR) is 104 cm³/mol. The van der Waals surface area contributed by atoms with E-state index in [1.807, 2.05) is 32.9 Å². The van der Waals surface area contributed by atoms with Gasteiger partial charge in [-0.2, -0.15) is 5.26 Å². The van der Waals surface area contributed by atoms with Gasteiger partial charge in [0.25, 0.3) is 0 Å². The monoisotopic (exact) mass is 373 g/mol. The van der Waals surface area contributed by atoms with Gasteiger partial charge in [-0.3, -0.25) is 0 Å². The molecule has 0 aliphatic carbocycles. The summed E-state index contributed by atoms with van der Waals surface area (Å²) in [5, 5.41) is 9.26. The van der Waals surface area contributed by atoms with E-state index in [-0.39, 0.29) is 23.3 Å². The van der Waals surface area contributed by atoms with Gasteiger partial charge in [0.05, 0.1) is 11.6 Å². The van der Waals surface area contributed by atoms with Crippen molar-refractivity contribution in [2.75, 3.05) is 0 Å². The fourth-order valence-electron chi connectivity index (χ4n) is 2.31. The second-order valence-corrected chi connectivity index (χ2v) is 7.66. The lowest BCUT2D eigenvalue weighted by atomic mass is 10.0. The van der Waals surface area contributed by atoms with Crippen LogP contribution in [0.1, 0.15) is 65.5 Å². The summed E-state index contributed by atoms with van der Waals surface area (Å²) in [6.07, 6.45) is 5.10. The third kappa shape index (κ3) is 8.08. The van der Waals surface area contributed by atoms with Gasteiger partial charge >= 0.3 is 6.16 Å². The molecule has 27 heavy (non-hydrogen) atoms. The van der Waals surface area contributed by atoms with Crippen molar-refractivity contribution in [3.8, 4) is 11.8 Å². The van der Waals surface area contributed by atoms with Crippen molar-refractivity contribution in [2.24, 2.45) is 0 Å². The summed E-state index contributed by atoms with van der Waals surface area (Å²) in [5.74, 6) is -0.956. The molecule has 0 aliphatic rings. The van der Waals surface area contributed by atoms with Gasteiger partial charge in [0, 0.05) is 5.56 Å². The number of rotatable bonds is 6. The van der Waals surface area contributed by atoms with Crippen molar-refractivity contribution in [1.82, 2.24) is 0 Å². The maximum Gasteiger partial charge on any atom is 0.514 e. The highest BCUT2D eigenvalue weighted by Crippen LogP contribution is 2.26. The lowest BCUT2D eigenvalue weighted by molar-refractivity contribution is 0.0198. The van der Waals surface area contributed by atoms with Crippen LogP contribution < -0.4 is 4.74 Å². The van der Waals surface area contributed by atoms with Crippen molar-refractivity contribution in [2.45, 2.75) is 66.4 Å². The van der Waals surface area contributed by atoms with Gasteiger partial charge in [-0.05, 0) is 72.9 Å². The zero-order valence-electron chi connectivity index (χ0n) is 17.0. The van der Waals surface area contributed by atoms with Crippen LogP contribution >= 0.6 is 0 Å². The fourth-order valence-corrected chi connectivity index (χ4v) is 2.31. The van der Waals surface area contributed by atoms with Crippen molar-refractivity contribution < 1.29 is 18.7 Å². The highest BCUT2D eigenvalue weighted by atomic mass is 19.1. The Labute approximate surface area is 161 Å². The summed E-state index contributed by atoms with van der Waals surface area (Å²) < 4.78 is 24.8. The molecule has 1 aromatic rings. The van der Waals surface area contributed by atoms with E-state index in [0.29, 0.717) is 0 Å². The van der Waals surface area contributed by atoms with E-state index < -0.39 is 17.6 Å². The molecule has 0 heterocycles. The summed E-state index contributed by atoms with van der Waals surface area (Å²) >= 11 is 0. The van der Waals surface area contributed by atoms with Crippen molar-refractivity contribution >= 4 is 6.16 Å². The Morgan fingerprint density at radius 1 is 1.22 bits per heavy atom. The largest absolute Gasteiger partial charge is 0.514 e. The van der Waals surface area contributed by atoms with Crippen molar-refractivity contribution in [3.63, 3.8) is 0 Å². The Kier molecular flexibility index (Phi) is 8.24. The number of nitrogens with zero attached hydrogens (tertiary/aromatic N) is 1. The molecule has 0 bridgehead atoms. The first kappa shape index (κ1) is 22.4. The van der Waals surface area contributed by atoms with Crippen LogP contribution in [0.3, 0.4) is 0 Å². The Balaban J connectivity index is 2.97. The number of halogens is 1. The van der Waals surface area contributed by atoms with E-state index in [1.54, 1.807) is 20.8 Å². The molecule has 0 unspecified atom stereocenters. The number of ether oxygens (including phenoxy) is 2. The molecular weight excluding hydrogens is 345 g/mol. The molecular formula is C22H28FNO3. The van der Waals surface area contributed by atoms with Crippen LogP contribution in [-0.4, -0.2) is 11.8 Å². The second kappa shape index (κ2) is 9.91. The molecule has 0 aromatic heterocycles. The Morgan fingerprint density at radius 2 is 1.89 bits per heavy atom. The highest BCUT2D eigenvalue weighted by molar-refractivity contribution is 5.65. The molecule has 0 saturated heterocycles. The maximum atomic E-state index is 14.8. The van der Waals surface area contributed by atoms with E-state index in [1.165, 1.54) is 17.7 Å². The smallest absolute Gasteiger partial charge is 0.428 e. The number of carbonyl (C=O) groups is 1. The number of benzene rings is 1. The molecule has 0 fully saturated rings. The fraction of sp³-hybridized carbons (Fsp3) is 0.455. The number of hydrogen-bond acceptors (Lipinski definition) is 4. The van der Waals surface area contributed by atoms with Crippen LogP contribution in [-0.2, 0) is 11.2 Å². The lowest BCUT2D eigenvalue weighted by Gasteiger charge is -2.19. The molecule has 1 rings (SSSR count). The average Bonchev–Trinajstić information content (AvgIpc) is 2.53. The summed E-state index contributed by atoms with van der Waals surface area (Å²) in [5.41, 5.74) is 2.05. The summed E-state index contributed by atoms with van der Waals surface area (Å²) in [6, 6.07) is 4.71. The predicted octanol–water partition coefficient (Wildman–Crippen LogP) is 6.25. The maximum absolute atomic E-state index is 14.8. The summed E-state index contributed by atoms with van der Waals surface area (Å²) in [6.45, 7) is 11.1. The lowest BCUT2D eigenvalue weighted by Crippen LogP contribution is -2.26. The Bertz CT molecular complexity index is 776. The van der Waals surface area contributed by atoms with E-state index in [4.69, 9.17) is 9.47 Å². The average molecular weight is 373 g/mol. The van der Waals surface area contributed by atoms with Crippen LogP contribution in [0.25, 0.3) is 0 Å². The summed E-state index contributed by atoms with van der Waals surface area (Å²) in [4.78, 5) is 11.8. The minimum Gasteiger partial charge on any atom is -0.428 e. The molecule has 0 radical (unpaired) electrons. The SMILES string of the molecule is CC(C)=CCC/C(C)=C/Cc1c(C#N)ccc(OC(=O)OC(C)(C)C)c1F. The minimum absolute atomic E-state index is 0.208. The molecule has 5 heteroatoms. The number of allylic oxidation sites excluding steroid dienone is 4. The van der Waals surface area contributed by atoms with Gasteiger partial charge in [-0.1, -0.05) is 23.3 Å². The quantitative estimate of drug-likeness (QED) is 0.336. The Hall–Kier alpha value is -2.61. The number of carbonyl (C=O) groups excluding carboxylic acids is 1. The molecule has 0 spiro atoms. The van der Waals surface area contributed by atoms with Gasteiger partial charge in [-0.15, -0.1) is 0 Å². The standard InChI is InChI=1S/C22H28FNO3/c1-15(2)8-7-9-16(3)10-12-18-17(14-24)11-13-19(20(18)23)26-21(25)27-22(4,5)6/h8,10-11,13H,7,9,12H2,1-6H3/b16-10+. The molecule has 0 amide bonds. The molecule has 146 valence electrons. The Morgan fingerprint density at radius 3 is 2.44 bits per heavy atom. The van der Waals surface area contributed by atoms with Crippen LogP contribution in [0, 0.1) is 17.1 Å². The zero-order chi connectivity index (χ0) is 20.6. The van der Waals surface area contributed by atoms with Crippen LogP contribution in [0.2, 0.25) is 0 Å². The first-order valence-electron chi connectivity index (χ1n) is 8.94. The molecule has 0 aliphatic heterocycles. The second-order valence-electron chi connectivity index (χ2n) is 7.66. The molecule has 4 nitrogen and oxygen atoms in total. The van der Waals surface area contributed by atoms with E-state index >= 15 is 0 Å². The normalized spacial score (nSPS) is 11.6. The van der Waals surface area contributed by atoms with E-state index in [0.717, 1.165) is 18.4 Å². The number of hydrogen-bond donors (Lipinski definition) is 0. The third-order valence-electron chi connectivity index (χ3n) is 3.66. The van der Waals surface area contributed by atoms with E-state index in [2.05, 4.69) is 6.08 Å². The molecule has 0 N–H and O–H groups in total. The van der Waals surface area contributed by atoms with Gasteiger partial charge < -0.3 is 9.47 Å². The van der Waals surface area contributed by atoms with Gasteiger partial charge in [-0.25, -0.2) is 9.18 Å². The summed E-state index contributed by atoms with van der Waals surface area (Å²) in [7, 11) is 0. The van der Waals surface area contributed by atoms with Crippen LogP contribution in [0.5, 0.6) is 5.75 Å². The molecule has 1 aromatic carbocycles. The zero-order valence-corrected chi connectivity index (χ0v) is 17.0. The van der Waals surface area contributed by atoms with Crippen LogP contribution in [0.4, 0.5) is 9.18 Å². The molecule has 0 atom stereocenters. The minimum atomic E-state index is -0.981. The van der Waals surface area contributed by atoms with Gasteiger partial charge in [0.15, 0.2) is 11.6 Å². The van der Waals surface area contributed by atoms with Crippen LogP contribution in [0.15, 0.2) is 35.4 Å². The first-order valence-corrected chi connectivity index (χ1v) is 8.94. The van der Waals surface area contributed by atoms with Crippen molar-refractivity contribution in [1.29, 1.82) is 5.26 Å². The third-order valence-corrected chi connectivity index (χ3v) is 3.66. The van der Waals surface area contributed by atoms with Gasteiger partial charge in [0.1, 0.15) is 5.60 Å². The van der Waals surface area contributed by atoms with Crippen molar-refractivity contribution in [3.05, 3.63) is 52.4 Å². The molecule has 0 saturated carbocycles.